The number of halogens is 1. The van der Waals surface area contributed by atoms with E-state index in [2.05, 4.69) is 12.1 Å². The molecule has 3 rings (SSSR count). The Morgan fingerprint density at radius 3 is 2.50 bits per heavy atom. The highest BCUT2D eigenvalue weighted by Gasteiger charge is 2.23. The van der Waals surface area contributed by atoms with Gasteiger partial charge in [0.1, 0.15) is 0 Å². The van der Waals surface area contributed by atoms with E-state index in [1.807, 2.05) is 49.9 Å². The maximum Gasteiger partial charge on any atom is 0.255 e. The molecule has 2 aromatic carbocycles. The van der Waals surface area contributed by atoms with Gasteiger partial charge in [-0.05, 0) is 36.6 Å². The molecule has 0 atom stereocenters. The fourth-order valence-electron chi connectivity index (χ4n) is 2.64. The molecule has 0 unspecified atom stereocenters. The molecule has 2 nitrogen and oxygen atoms in total. The van der Waals surface area contributed by atoms with Crippen LogP contribution in [0.3, 0.4) is 0 Å². The van der Waals surface area contributed by atoms with E-state index in [0.717, 1.165) is 18.5 Å². The lowest BCUT2D eigenvalue weighted by atomic mass is 9.99. The number of benzene rings is 2. The average molecular weight is 316 g/mol. The smallest absolute Gasteiger partial charge is 0.255 e. The number of carbonyl (C=O) groups is 1. The number of hydrogen-bond donors (Lipinski definition) is 0. The molecule has 0 aliphatic carbocycles. The molecule has 3 heteroatoms. The Labute approximate surface area is 137 Å². The van der Waals surface area contributed by atoms with Gasteiger partial charge in [0.25, 0.3) is 5.91 Å². The van der Waals surface area contributed by atoms with Crippen molar-refractivity contribution in [3.63, 3.8) is 0 Å². The van der Waals surface area contributed by atoms with E-state index in [-0.39, 0.29) is 5.91 Å². The van der Waals surface area contributed by atoms with Gasteiger partial charge in [-0.2, -0.15) is 0 Å². The summed E-state index contributed by atoms with van der Waals surface area (Å²) in [5.74, 6) is 0.0215. The van der Waals surface area contributed by atoms with E-state index in [1.165, 1.54) is 11.1 Å². The van der Waals surface area contributed by atoms with E-state index in [4.69, 9.17) is 11.6 Å². The number of amides is 1. The number of nitrogens with zero attached hydrogens (tertiary/aromatic N) is 1. The van der Waals surface area contributed by atoms with Gasteiger partial charge in [-0.15, -0.1) is 0 Å². The van der Waals surface area contributed by atoms with Crippen molar-refractivity contribution in [2.24, 2.45) is 0 Å². The molecule has 116 valence electrons. The van der Waals surface area contributed by atoms with Crippen LogP contribution >= 0.6 is 11.6 Å². The normalized spacial score (nSPS) is 13.0. The largest absolute Gasteiger partial charge is 0.334 e. The molecule has 0 aromatic heterocycles. The minimum Gasteiger partial charge on any atom is -0.334 e. The molecular weight excluding hydrogens is 294 g/mol. The summed E-state index contributed by atoms with van der Waals surface area (Å²) >= 11 is 6.16. The Bertz CT molecular complexity index is 666. The second-order valence-corrected chi connectivity index (χ2v) is 5.64. The second-order valence-electron chi connectivity index (χ2n) is 5.23. The molecule has 0 fully saturated rings. The number of hydrogen-bond acceptors (Lipinski definition) is 1. The van der Waals surface area contributed by atoms with Gasteiger partial charge in [-0.25, -0.2) is 0 Å². The Balaban J connectivity index is 0.000000847. The van der Waals surface area contributed by atoms with Crippen LogP contribution in [0.15, 0.2) is 42.5 Å². The molecule has 0 spiro atoms. The molecule has 0 N–H and O–H groups in total. The number of rotatable bonds is 1. The SMILES string of the molecule is CC.Cc1ccc(Cl)c(C(=O)N2CCc3ccccc3C2)c1. The summed E-state index contributed by atoms with van der Waals surface area (Å²) in [5, 5.41) is 0.527. The van der Waals surface area contributed by atoms with E-state index in [9.17, 15) is 4.79 Å². The summed E-state index contributed by atoms with van der Waals surface area (Å²) < 4.78 is 0. The molecule has 0 bridgehead atoms. The number of fused-ring (bicyclic) bond motifs is 1. The molecule has 2 aromatic rings. The van der Waals surface area contributed by atoms with Crippen molar-refractivity contribution < 1.29 is 4.79 Å². The van der Waals surface area contributed by atoms with Crippen LogP contribution in [-0.4, -0.2) is 17.4 Å². The zero-order chi connectivity index (χ0) is 16.1. The standard InChI is InChI=1S/C17H16ClNO.C2H6/c1-12-6-7-16(18)15(10-12)17(20)19-9-8-13-4-2-3-5-14(13)11-19;1-2/h2-7,10H,8-9,11H2,1H3;1-2H3. The van der Waals surface area contributed by atoms with Gasteiger partial charge in [0.15, 0.2) is 0 Å². The summed E-state index contributed by atoms with van der Waals surface area (Å²) in [6.45, 7) is 7.39. The molecular formula is C19H22ClNO. The van der Waals surface area contributed by atoms with Crippen LogP contribution in [0.4, 0.5) is 0 Å². The Morgan fingerprint density at radius 2 is 1.77 bits per heavy atom. The van der Waals surface area contributed by atoms with Crippen LogP contribution < -0.4 is 0 Å². The third-order valence-electron chi connectivity index (χ3n) is 3.77. The number of aryl methyl sites for hydroxylation is 1. The van der Waals surface area contributed by atoms with Crippen molar-refractivity contribution >= 4 is 17.5 Å². The summed E-state index contributed by atoms with van der Waals surface area (Å²) in [6.07, 6.45) is 0.908. The molecule has 1 heterocycles. The summed E-state index contributed by atoms with van der Waals surface area (Å²) in [4.78, 5) is 14.5. The third kappa shape index (κ3) is 3.50. The minimum atomic E-state index is 0.0215. The summed E-state index contributed by atoms with van der Waals surface area (Å²) in [5.41, 5.74) is 4.23. The topological polar surface area (TPSA) is 20.3 Å². The Hall–Kier alpha value is -1.80. The van der Waals surface area contributed by atoms with Crippen molar-refractivity contribution in [3.8, 4) is 0 Å². The van der Waals surface area contributed by atoms with Gasteiger partial charge in [-0.1, -0.05) is 61.3 Å². The molecule has 0 saturated heterocycles. The highest BCUT2D eigenvalue weighted by atomic mass is 35.5. The van der Waals surface area contributed by atoms with Crippen LogP contribution in [-0.2, 0) is 13.0 Å². The zero-order valence-corrected chi connectivity index (χ0v) is 14.2. The monoisotopic (exact) mass is 315 g/mol. The average Bonchev–Trinajstić information content (AvgIpc) is 2.58. The Kier molecular flexibility index (Phi) is 5.62. The van der Waals surface area contributed by atoms with Crippen LogP contribution in [0.1, 0.15) is 40.9 Å². The van der Waals surface area contributed by atoms with E-state index in [1.54, 1.807) is 6.07 Å². The Morgan fingerprint density at radius 1 is 1.09 bits per heavy atom. The zero-order valence-electron chi connectivity index (χ0n) is 13.4. The summed E-state index contributed by atoms with van der Waals surface area (Å²) in [7, 11) is 0. The van der Waals surface area contributed by atoms with E-state index < -0.39 is 0 Å². The van der Waals surface area contributed by atoms with Crippen molar-refractivity contribution in [2.75, 3.05) is 6.54 Å². The lowest BCUT2D eigenvalue weighted by molar-refractivity contribution is 0.0735. The molecule has 22 heavy (non-hydrogen) atoms. The molecule has 0 saturated carbocycles. The highest BCUT2D eigenvalue weighted by Crippen LogP contribution is 2.24. The first-order chi connectivity index (χ1) is 10.6. The van der Waals surface area contributed by atoms with Gasteiger partial charge in [-0.3, -0.25) is 4.79 Å². The lowest BCUT2D eigenvalue weighted by Gasteiger charge is -2.29. The molecule has 1 aliphatic heterocycles. The minimum absolute atomic E-state index is 0.0215. The van der Waals surface area contributed by atoms with Crippen molar-refractivity contribution in [1.82, 2.24) is 4.90 Å². The van der Waals surface area contributed by atoms with E-state index in [0.29, 0.717) is 17.1 Å². The predicted octanol–water partition coefficient (Wildman–Crippen LogP) is 4.87. The fourth-order valence-corrected chi connectivity index (χ4v) is 2.84. The molecule has 1 aliphatic rings. The van der Waals surface area contributed by atoms with Gasteiger partial charge in [0.2, 0.25) is 0 Å². The first kappa shape index (κ1) is 16.6. The van der Waals surface area contributed by atoms with Crippen molar-refractivity contribution in [2.45, 2.75) is 33.7 Å². The summed E-state index contributed by atoms with van der Waals surface area (Å²) in [6, 6.07) is 13.9. The van der Waals surface area contributed by atoms with Crippen molar-refractivity contribution in [1.29, 1.82) is 0 Å². The van der Waals surface area contributed by atoms with Gasteiger partial charge in [0.05, 0.1) is 10.6 Å². The quantitative estimate of drug-likeness (QED) is 0.735. The highest BCUT2D eigenvalue weighted by molar-refractivity contribution is 6.33. The van der Waals surface area contributed by atoms with Gasteiger partial charge >= 0.3 is 0 Å². The fraction of sp³-hybridized carbons (Fsp3) is 0.316. The molecule has 1 amide bonds. The van der Waals surface area contributed by atoms with Crippen LogP contribution in [0.2, 0.25) is 5.02 Å². The maximum absolute atomic E-state index is 12.6. The number of carbonyl (C=O) groups excluding carboxylic acids is 1. The second kappa shape index (κ2) is 7.46. The molecule has 0 radical (unpaired) electrons. The third-order valence-corrected chi connectivity index (χ3v) is 4.10. The van der Waals surface area contributed by atoms with Crippen LogP contribution in [0.25, 0.3) is 0 Å². The van der Waals surface area contributed by atoms with Crippen LogP contribution in [0, 0.1) is 6.92 Å². The van der Waals surface area contributed by atoms with Gasteiger partial charge < -0.3 is 4.90 Å². The van der Waals surface area contributed by atoms with Crippen molar-refractivity contribution in [3.05, 3.63) is 69.7 Å². The maximum atomic E-state index is 12.6. The lowest BCUT2D eigenvalue weighted by Crippen LogP contribution is -2.36. The first-order valence-corrected chi connectivity index (χ1v) is 8.15. The van der Waals surface area contributed by atoms with Gasteiger partial charge in [0, 0.05) is 13.1 Å². The predicted molar refractivity (Wildman–Crippen MR) is 92.4 cm³/mol. The van der Waals surface area contributed by atoms with Crippen LogP contribution in [0.5, 0.6) is 0 Å². The first-order valence-electron chi connectivity index (χ1n) is 7.77. The van der Waals surface area contributed by atoms with E-state index >= 15 is 0 Å².